The van der Waals surface area contributed by atoms with Gasteiger partial charge in [0.1, 0.15) is 11.6 Å². The van der Waals surface area contributed by atoms with Crippen molar-refractivity contribution in [3.05, 3.63) is 65.5 Å². The van der Waals surface area contributed by atoms with Crippen molar-refractivity contribution in [1.82, 2.24) is 15.1 Å². The summed E-state index contributed by atoms with van der Waals surface area (Å²) in [5, 5.41) is 3.10. The topological polar surface area (TPSA) is 79.0 Å². The molecule has 0 aromatic heterocycles. The Morgan fingerprint density at radius 3 is 2.56 bits per heavy atom. The first-order valence-corrected chi connectivity index (χ1v) is 11.6. The lowest BCUT2D eigenvalue weighted by Crippen LogP contribution is -2.52. The van der Waals surface area contributed by atoms with Gasteiger partial charge in [-0.25, -0.2) is 4.39 Å². The maximum Gasteiger partial charge on any atom is 0.242 e. The first kappa shape index (κ1) is 23.7. The van der Waals surface area contributed by atoms with Gasteiger partial charge < -0.3 is 19.9 Å². The third-order valence-corrected chi connectivity index (χ3v) is 6.69. The predicted molar refractivity (Wildman–Crippen MR) is 124 cm³/mol. The van der Waals surface area contributed by atoms with Crippen LogP contribution < -0.4 is 10.1 Å². The molecule has 2 saturated heterocycles. The summed E-state index contributed by atoms with van der Waals surface area (Å²) in [7, 11) is 1.62. The monoisotopic (exact) mass is 467 g/mol. The number of hydrogen-bond acceptors (Lipinski definition) is 4. The molecule has 34 heavy (non-hydrogen) atoms. The lowest BCUT2D eigenvalue weighted by Gasteiger charge is -2.35. The Hall–Kier alpha value is -3.42. The van der Waals surface area contributed by atoms with Crippen LogP contribution in [0.2, 0.25) is 0 Å². The van der Waals surface area contributed by atoms with E-state index in [-0.39, 0.29) is 36.5 Å². The molecule has 0 radical (unpaired) electrons. The van der Waals surface area contributed by atoms with Gasteiger partial charge in [-0.1, -0.05) is 24.3 Å². The van der Waals surface area contributed by atoms with E-state index in [9.17, 15) is 18.8 Å². The second-order valence-electron chi connectivity index (χ2n) is 9.11. The normalized spacial score (nSPS) is 20.4. The maximum absolute atomic E-state index is 13.4. The van der Waals surface area contributed by atoms with Crippen LogP contribution in [0.5, 0.6) is 5.75 Å². The highest BCUT2D eigenvalue weighted by molar-refractivity contribution is 5.86. The largest absolute Gasteiger partial charge is 0.497 e. The summed E-state index contributed by atoms with van der Waals surface area (Å²) in [5.74, 6) is 0.202. The van der Waals surface area contributed by atoms with Crippen molar-refractivity contribution in [2.45, 2.75) is 44.2 Å². The summed E-state index contributed by atoms with van der Waals surface area (Å²) in [6.07, 6.45) is 2.53. The molecule has 2 aliphatic rings. The van der Waals surface area contributed by atoms with Crippen LogP contribution in [-0.4, -0.2) is 59.8 Å². The smallest absolute Gasteiger partial charge is 0.242 e. The van der Waals surface area contributed by atoms with Crippen LogP contribution in [-0.2, 0) is 27.3 Å². The fraction of sp³-hybridized carbons (Fsp3) is 0.423. The van der Waals surface area contributed by atoms with Gasteiger partial charge in [-0.15, -0.1) is 0 Å². The molecule has 2 aromatic rings. The third-order valence-electron chi connectivity index (χ3n) is 6.69. The van der Waals surface area contributed by atoms with Crippen molar-refractivity contribution < 1.29 is 23.5 Å². The number of methoxy groups -OCH3 is 1. The maximum atomic E-state index is 13.4. The minimum Gasteiger partial charge on any atom is -0.497 e. The molecule has 0 unspecified atom stereocenters. The summed E-state index contributed by atoms with van der Waals surface area (Å²) < 4.78 is 18.7. The Bertz CT molecular complexity index is 1060. The average molecular weight is 468 g/mol. The number of benzene rings is 2. The van der Waals surface area contributed by atoms with Gasteiger partial charge in [0.2, 0.25) is 17.7 Å². The SMILES string of the molecule is COc1ccc(C[C@]2(CCC(=O)N3CCN(Cc4cccc(F)c4)C(=O)C3)CCC(=O)N2)cc1. The zero-order valence-electron chi connectivity index (χ0n) is 19.4. The van der Waals surface area contributed by atoms with Gasteiger partial charge in [-0.2, -0.15) is 0 Å². The van der Waals surface area contributed by atoms with Crippen molar-refractivity contribution in [2.75, 3.05) is 26.7 Å². The highest BCUT2D eigenvalue weighted by Gasteiger charge is 2.38. The summed E-state index contributed by atoms with van der Waals surface area (Å²) >= 11 is 0. The van der Waals surface area contributed by atoms with Crippen molar-refractivity contribution in [3.63, 3.8) is 0 Å². The Balaban J connectivity index is 1.33. The lowest BCUT2D eigenvalue weighted by atomic mass is 9.85. The van der Waals surface area contributed by atoms with E-state index in [1.165, 1.54) is 12.1 Å². The number of nitrogens with zero attached hydrogens (tertiary/aromatic N) is 2. The quantitative estimate of drug-likeness (QED) is 0.648. The van der Waals surface area contributed by atoms with Crippen LogP contribution in [0.25, 0.3) is 0 Å². The molecule has 2 fully saturated rings. The number of nitrogens with one attached hydrogen (secondary N) is 1. The molecule has 0 saturated carbocycles. The summed E-state index contributed by atoms with van der Waals surface area (Å²) in [4.78, 5) is 40.9. The number of amides is 3. The first-order chi connectivity index (χ1) is 16.4. The Kier molecular flexibility index (Phi) is 7.14. The van der Waals surface area contributed by atoms with E-state index in [4.69, 9.17) is 4.74 Å². The van der Waals surface area contributed by atoms with Crippen LogP contribution >= 0.6 is 0 Å². The summed E-state index contributed by atoms with van der Waals surface area (Å²) in [6.45, 7) is 1.20. The van der Waals surface area contributed by atoms with Crippen LogP contribution in [0.15, 0.2) is 48.5 Å². The van der Waals surface area contributed by atoms with E-state index >= 15 is 0 Å². The van der Waals surface area contributed by atoms with Crippen molar-refractivity contribution in [3.8, 4) is 5.75 Å². The van der Waals surface area contributed by atoms with Gasteiger partial charge in [0.15, 0.2) is 0 Å². The van der Waals surface area contributed by atoms with Gasteiger partial charge in [-0.05, 0) is 54.7 Å². The van der Waals surface area contributed by atoms with Crippen LogP contribution in [0.3, 0.4) is 0 Å². The highest BCUT2D eigenvalue weighted by atomic mass is 19.1. The molecule has 2 aliphatic heterocycles. The molecular weight excluding hydrogens is 437 g/mol. The zero-order chi connectivity index (χ0) is 24.1. The number of halogens is 1. The lowest BCUT2D eigenvalue weighted by molar-refractivity contribution is -0.145. The Morgan fingerprint density at radius 2 is 1.91 bits per heavy atom. The molecule has 2 aromatic carbocycles. The van der Waals surface area contributed by atoms with Gasteiger partial charge in [0, 0.05) is 38.0 Å². The number of carbonyl (C=O) groups is 3. The molecule has 0 spiro atoms. The minimum atomic E-state index is -0.468. The summed E-state index contributed by atoms with van der Waals surface area (Å²) in [6, 6.07) is 13.9. The van der Waals surface area contributed by atoms with Gasteiger partial charge in [-0.3, -0.25) is 14.4 Å². The van der Waals surface area contributed by atoms with Crippen molar-refractivity contribution >= 4 is 17.7 Å². The van der Waals surface area contributed by atoms with E-state index in [1.54, 1.807) is 29.0 Å². The molecule has 4 rings (SSSR count). The number of ether oxygens (including phenoxy) is 1. The Morgan fingerprint density at radius 1 is 1.12 bits per heavy atom. The third kappa shape index (κ3) is 5.73. The second kappa shape index (κ2) is 10.2. The van der Waals surface area contributed by atoms with Gasteiger partial charge >= 0.3 is 0 Å². The molecule has 3 amide bonds. The molecular formula is C26H30FN3O4. The van der Waals surface area contributed by atoms with E-state index in [0.717, 1.165) is 16.9 Å². The number of piperazine rings is 1. The summed E-state index contributed by atoms with van der Waals surface area (Å²) in [5.41, 5.74) is 1.33. The fourth-order valence-corrected chi connectivity index (χ4v) is 4.76. The highest BCUT2D eigenvalue weighted by Crippen LogP contribution is 2.30. The van der Waals surface area contributed by atoms with E-state index in [1.807, 2.05) is 24.3 Å². The average Bonchev–Trinajstić information content (AvgIpc) is 3.19. The minimum absolute atomic E-state index is 0.00195. The van der Waals surface area contributed by atoms with Crippen LogP contribution in [0.4, 0.5) is 4.39 Å². The number of rotatable bonds is 8. The molecule has 0 bridgehead atoms. The molecule has 180 valence electrons. The van der Waals surface area contributed by atoms with Crippen LogP contribution in [0.1, 0.15) is 36.8 Å². The standard InChI is InChI=1S/C26H30FN3O4/c1-34-22-7-5-19(6-8-22)16-26(11-9-23(31)28-26)12-10-24(32)30-14-13-29(25(33)18-30)17-20-3-2-4-21(27)15-20/h2-8,15H,9-14,16-18H2,1H3,(H,28,31)/t26-/m1/s1. The van der Waals surface area contributed by atoms with E-state index in [0.29, 0.717) is 45.3 Å². The second-order valence-corrected chi connectivity index (χ2v) is 9.11. The molecule has 2 heterocycles. The number of carbonyl (C=O) groups excluding carboxylic acids is 3. The van der Waals surface area contributed by atoms with Crippen molar-refractivity contribution in [2.24, 2.45) is 0 Å². The molecule has 7 nitrogen and oxygen atoms in total. The molecule has 1 N–H and O–H groups in total. The zero-order valence-corrected chi connectivity index (χ0v) is 19.4. The Labute approximate surface area is 198 Å². The van der Waals surface area contributed by atoms with Gasteiger partial charge in [0.05, 0.1) is 13.7 Å². The van der Waals surface area contributed by atoms with Crippen LogP contribution in [0, 0.1) is 5.82 Å². The molecule has 8 heteroatoms. The van der Waals surface area contributed by atoms with Gasteiger partial charge in [0.25, 0.3) is 0 Å². The van der Waals surface area contributed by atoms with Crippen molar-refractivity contribution in [1.29, 1.82) is 0 Å². The molecule has 1 atom stereocenters. The van der Waals surface area contributed by atoms with E-state index < -0.39 is 5.54 Å². The number of hydrogen-bond donors (Lipinski definition) is 1. The fourth-order valence-electron chi connectivity index (χ4n) is 4.76. The van der Waals surface area contributed by atoms with E-state index in [2.05, 4.69) is 5.32 Å². The first-order valence-electron chi connectivity index (χ1n) is 11.6. The molecule has 0 aliphatic carbocycles. The predicted octanol–water partition coefficient (Wildman–Crippen LogP) is 2.68.